The van der Waals surface area contributed by atoms with Gasteiger partial charge in [0.05, 0.1) is 13.2 Å². The van der Waals surface area contributed by atoms with Gasteiger partial charge in [-0.1, -0.05) is 6.92 Å². The lowest BCUT2D eigenvalue weighted by atomic mass is 10.1. The first kappa shape index (κ1) is 9.44. The molecule has 1 heterocycles. The molecule has 0 spiro atoms. The summed E-state index contributed by atoms with van der Waals surface area (Å²) in [4.78, 5) is 2.51. The lowest BCUT2D eigenvalue weighted by molar-refractivity contribution is -0.0122. The Morgan fingerprint density at radius 3 is 2.92 bits per heavy atom. The minimum absolute atomic E-state index is 0.157. The maximum atomic E-state index is 6.11. The van der Waals surface area contributed by atoms with Crippen molar-refractivity contribution in [1.29, 1.82) is 0 Å². The lowest BCUT2D eigenvalue weighted by Crippen LogP contribution is -2.50. The molecule has 3 nitrogen and oxygen atoms in total. The molecule has 0 aromatic heterocycles. The number of nitrogens with two attached hydrogens (primary N) is 1. The first-order valence-corrected chi connectivity index (χ1v) is 5.34. The van der Waals surface area contributed by atoms with Gasteiger partial charge in [-0.3, -0.25) is 4.90 Å². The van der Waals surface area contributed by atoms with Gasteiger partial charge in [0.25, 0.3) is 0 Å². The highest BCUT2D eigenvalue weighted by atomic mass is 16.5. The fraction of sp³-hybridized carbons (Fsp3) is 1.00. The monoisotopic (exact) mass is 184 g/mol. The average Bonchev–Trinajstić information content (AvgIpc) is 2.84. The van der Waals surface area contributed by atoms with Crippen LogP contribution in [-0.2, 0) is 4.74 Å². The van der Waals surface area contributed by atoms with Gasteiger partial charge in [-0.15, -0.1) is 0 Å². The van der Waals surface area contributed by atoms with Crippen LogP contribution in [0.1, 0.15) is 26.2 Å². The predicted molar refractivity (Wildman–Crippen MR) is 52.6 cm³/mol. The molecule has 0 bridgehead atoms. The molecule has 1 atom stereocenters. The smallest absolute Gasteiger partial charge is 0.0622 e. The highest BCUT2D eigenvalue weighted by molar-refractivity contribution is 5.02. The molecule has 0 aromatic rings. The Morgan fingerprint density at radius 1 is 1.54 bits per heavy atom. The molecular weight excluding hydrogens is 164 g/mol. The molecule has 2 N–H and O–H groups in total. The second-order valence-corrected chi connectivity index (χ2v) is 4.47. The third-order valence-corrected chi connectivity index (χ3v) is 3.23. The highest BCUT2D eigenvalue weighted by Crippen LogP contribution is 2.33. The summed E-state index contributed by atoms with van der Waals surface area (Å²) < 4.78 is 5.46. The summed E-state index contributed by atoms with van der Waals surface area (Å²) >= 11 is 0. The number of morpholine rings is 1. The van der Waals surface area contributed by atoms with E-state index in [4.69, 9.17) is 10.5 Å². The molecule has 0 aromatic carbocycles. The summed E-state index contributed by atoms with van der Waals surface area (Å²) in [7, 11) is 0. The quantitative estimate of drug-likeness (QED) is 0.697. The van der Waals surface area contributed by atoms with Crippen LogP contribution in [0.2, 0.25) is 0 Å². The second-order valence-electron chi connectivity index (χ2n) is 4.47. The van der Waals surface area contributed by atoms with Gasteiger partial charge in [0, 0.05) is 24.7 Å². The molecule has 0 radical (unpaired) electrons. The minimum Gasteiger partial charge on any atom is -0.378 e. The Kier molecular flexibility index (Phi) is 2.58. The van der Waals surface area contributed by atoms with E-state index in [9.17, 15) is 0 Å². The largest absolute Gasteiger partial charge is 0.378 e. The predicted octanol–water partition coefficient (Wildman–Crippen LogP) is 0.588. The third-order valence-electron chi connectivity index (χ3n) is 3.23. The first-order valence-electron chi connectivity index (χ1n) is 5.34. The van der Waals surface area contributed by atoms with E-state index in [-0.39, 0.29) is 5.54 Å². The number of hydrogen-bond acceptors (Lipinski definition) is 3. The molecule has 2 rings (SSSR count). The Bertz CT molecular complexity index is 180. The van der Waals surface area contributed by atoms with Crippen molar-refractivity contribution in [3.8, 4) is 0 Å². The van der Waals surface area contributed by atoms with Gasteiger partial charge in [-0.25, -0.2) is 0 Å². The van der Waals surface area contributed by atoms with E-state index in [1.807, 2.05) is 0 Å². The van der Waals surface area contributed by atoms with E-state index < -0.39 is 0 Å². The zero-order valence-electron chi connectivity index (χ0n) is 8.46. The summed E-state index contributed by atoms with van der Waals surface area (Å²) in [6, 6.07) is 0.606. The van der Waals surface area contributed by atoms with Crippen LogP contribution in [0.15, 0.2) is 0 Å². The van der Waals surface area contributed by atoms with Crippen molar-refractivity contribution in [2.75, 3.05) is 26.3 Å². The molecule has 0 amide bonds. The highest BCUT2D eigenvalue weighted by Gasteiger charge is 2.41. The number of hydrogen-bond donors (Lipinski definition) is 1. The van der Waals surface area contributed by atoms with E-state index >= 15 is 0 Å². The normalized spacial score (nSPS) is 33.2. The van der Waals surface area contributed by atoms with Gasteiger partial charge < -0.3 is 10.5 Å². The Hall–Kier alpha value is -0.120. The number of nitrogens with zero attached hydrogens (tertiary/aromatic N) is 1. The average molecular weight is 184 g/mol. The van der Waals surface area contributed by atoms with Crippen LogP contribution in [0.4, 0.5) is 0 Å². The maximum Gasteiger partial charge on any atom is 0.0622 e. The zero-order valence-corrected chi connectivity index (χ0v) is 8.46. The number of rotatable bonds is 3. The Balaban J connectivity index is 1.87. The van der Waals surface area contributed by atoms with Crippen molar-refractivity contribution in [3.63, 3.8) is 0 Å². The van der Waals surface area contributed by atoms with Gasteiger partial charge in [0.2, 0.25) is 0 Å². The van der Waals surface area contributed by atoms with Crippen molar-refractivity contribution < 1.29 is 4.74 Å². The van der Waals surface area contributed by atoms with Crippen molar-refractivity contribution in [2.24, 2.45) is 5.73 Å². The Morgan fingerprint density at radius 2 is 2.31 bits per heavy atom. The molecule has 3 heteroatoms. The van der Waals surface area contributed by atoms with Crippen molar-refractivity contribution >= 4 is 0 Å². The molecule has 13 heavy (non-hydrogen) atoms. The summed E-state index contributed by atoms with van der Waals surface area (Å²) in [5.74, 6) is 0. The summed E-state index contributed by atoms with van der Waals surface area (Å²) in [6.07, 6.45) is 3.59. The first-order chi connectivity index (χ1) is 6.23. The summed E-state index contributed by atoms with van der Waals surface area (Å²) in [5, 5.41) is 0. The van der Waals surface area contributed by atoms with Crippen molar-refractivity contribution in [2.45, 2.75) is 37.8 Å². The van der Waals surface area contributed by atoms with Gasteiger partial charge in [-0.05, 0) is 19.3 Å². The molecule has 1 unspecified atom stereocenters. The van der Waals surface area contributed by atoms with Gasteiger partial charge in [0.15, 0.2) is 0 Å². The molecule has 1 aliphatic carbocycles. The van der Waals surface area contributed by atoms with E-state index in [0.717, 1.165) is 26.3 Å². The molecule has 1 aliphatic heterocycles. The molecule has 1 saturated carbocycles. The van der Waals surface area contributed by atoms with Crippen LogP contribution < -0.4 is 5.73 Å². The van der Waals surface area contributed by atoms with E-state index in [2.05, 4.69) is 11.8 Å². The number of ether oxygens (including phenoxy) is 1. The molecule has 1 saturated heterocycles. The van der Waals surface area contributed by atoms with Crippen LogP contribution in [0.25, 0.3) is 0 Å². The minimum atomic E-state index is 0.157. The van der Waals surface area contributed by atoms with Gasteiger partial charge >= 0.3 is 0 Å². The summed E-state index contributed by atoms with van der Waals surface area (Å²) in [6.45, 7) is 6.15. The van der Waals surface area contributed by atoms with Crippen LogP contribution >= 0.6 is 0 Å². The SMILES string of the molecule is CCC1COCCN1CC1(N)CC1. The summed E-state index contributed by atoms with van der Waals surface area (Å²) in [5.41, 5.74) is 6.27. The maximum absolute atomic E-state index is 6.11. The van der Waals surface area contributed by atoms with Gasteiger partial charge in [-0.2, -0.15) is 0 Å². The van der Waals surface area contributed by atoms with E-state index in [1.54, 1.807) is 0 Å². The topological polar surface area (TPSA) is 38.5 Å². The molecule has 76 valence electrons. The molecular formula is C10H20N2O. The van der Waals surface area contributed by atoms with Crippen LogP contribution in [0.5, 0.6) is 0 Å². The van der Waals surface area contributed by atoms with Crippen molar-refractivity contribution in [3.05, 3.63) is 0 Å². The van der Waals surface area contributed by atoms with E-state index in [1.165, 1.54) is 19.3 Å². The van der Waals surface area contributed by atoms with E-state index in [0.29, 0.717) is 6.04 Å². The Labute approximate surface area is 80.2 Å². The fourth-order valence-electron chi connectivity index (χ4n) is 2.00. The third kappa shape index (κ3) is 2.22. The van der Waals surface area contributed by atoms with Crippen molar-refractivity contribution in [1.82, 2.24) is 4.90 Å². The second kappa shape index (κ2) is 3.56. The lowest BCUT2D eigenvalue weighted by Gasteiger charge is -2.36. The molecule has 2 fully saturated rings. The molecule has 2 aliphatic rings. The zero-order chi connectivity index (χ0) is 9.31. The fourth-order valence-corrected chi connectivity index (χ4v) is 2.00. The van der Waals surface area contributed by atoms with Crippen LogP contribution in [0, 0.1) is 0 Å². The van der Waals surface area contributed by atoms with Crippen LogP contribution in [-0.4, -0.2) is 42.8 Å². The standard InChI is InChI=1S/C10H20N2O/c1-2-9-7-13-6-5-12(9)8-10(11)3-4-10/h9H,2-8,11H2,1H3. The van der Waals surface area contributed by atoms with Crippen LogP contribution in [0.3, 0.4) is 0 Å². The van der Waals surface area contributed by atoms with Gasteiger partial charge in [0.1, 0.15) is 0 Å².